The molecule has 0 spiro atoms. The van der Waals surface area contributed by atoms with Gasteiger partial charge in [0.15, 0.2) is 0 Å². The van der Waals surface area contributed by atoms with Gasteiger partial charge in [-0.3, -0.25) is 9.80 Å². The maximum atomic E-state index is 8.96. The second kappa shape index (κ2) is 8.14. The van der Waals surface area contributed by atoms with Crippen molar-refractivity contribution >= 4 is 0 Å². The zero-order chi connectivity index (χ0) is 15.1. The van der Waals surface area contributed by atoms with E-state index in [0.29, 0.717) is 0 Å². The molecule has 1 unspecified atom stereocenters. The van der Waals surface area contributed by atoms with Crippen LogP contribution in [0.25, 0.3) is 0 Å². The van der Waals surface area contributed by atoms with Crippen molar-refractivity contribution < 1.29 is 0 Å². The molecule has 1 aliphatic rings. The van der Waals surface area contributed by atoms with Crippen LogP contribution in [0.1, 0.15) is 12.5 Å². The van der Waals surface area contributed by atoms with E-state index in [2.05, 4.69) is 58.1 Å². The molecule has 114 valence electrons. The van der Waals surface area contributed by atoms with Crippen molar-refractivity contribution in [1.82, 2.24) is 14.7 Å². The van der Waals surface area contributed by atoms with E-state index >= 15 is 0 Å². The summed E-state index contributed by atoms with van der Waals surface area (Å²) in [5.41, 5.74) is 1.37. The van der Waals surface area contributed by atoms with E-state index in [-0.39, 0.29) is 6.04 Å². The molecule has 0 aromatic heterocycles. The lowest BCUT2D eigenvalue weighted by Crippen LogP contribution is -2.50. The second-order valence-corrected chi connectivity index (χ2v) is 5.91. The lowest BCUT2D eigenvalue weighted by atomic mass is 10.2. The quantitative estimate of drug-likeness (QED) is 0.796. The summed E-state index contributed by atoms with van der Waals surface area (Å²) >= 11 is 0. The zero-order valence-electron chi connectivity index (χ0n) is 13.2. The fraction of sp³-hybridized carbons (Fsp3) is 0.588. The third kappa shape index (κ3) is 5.13. The fourth-order valence-electron chi connectivity index (χ4n) is 2.74. The second-order valence-electron chi connectivity index (χ2n) is 5.91. The van der Waals surface area contributed by atoms with E-state index in [1.165, 1.54) is 5.56 Å². The van der Waals surface area contributed by atoms with Crippen LogP contribution >= 0.6 is 0 Å². The van der Waals surface area contributed by atoms with Gasteiger partial charge in [-0.15, -0.1) is 0 Å². The SMILES string of the molecule is CC(C#N)N1CCN(CCN(C)Cc2ccccc2)CC1. The third-order valence-corrected chi connectivity index (χ3v) is 4.23. The van der Waals surface area contributed by atoms with Crippen LogP contribution in [0.5, 0.6) is 0 Å². The van der Waals surface area contributed by atoms with Gasteiger partial charge < -0.3 is 4.90 Å². The highest BCUT2D eigenvalue weighted by Gasteiger charge is 2.20. The van der Waals surface area contributed by atoms with Crippen LogP contribution < -0.4 is 0 Å². The predicted octanol–water partition coefficient (Wildman–Crippen LogP) is 1.65. The Bertz CT molecular complexity index is 446. The molecular weight excluding hydrogens is 260 g/mol. The van der Waals surface area contributed by atoms with Crippen molar-refractivity contribution in [1.29, 1.82) is 5.26 Å². The van der Waals surface area contributed by atoms with Crippen LogP contribution in [0.2, 0.25) is 0 Å². The number of hydrogen-bond donors (Lipinski definition) is 0. The van der Waals surface area contributed by atoms with E-state index < -0.39 is 0 Å². The first kappa shape index (κ1) is 16.0. The summed E-state index contributed by atoms with van der Waals surface area (Å²) in [5, 5.41) is 8.96. The first-order chi connectivity index (χ1) is 10.2. The molecule has 0 aliphatic carbocycles. The Kier molecular flexibility index (Phi) is 6.19. The first-order valence-electron chi connectivity index (χ1n) is 7.77. The van der Waals surface area contributed by atoms with Gasteiger partial charge in [0.25, 0.3) is 0 Å². The number of nitrogens with zero attached hydrogens (tertiary/aromatic N) is 4. The minimum atomic E-state index is 0.0490. The molecule has 1 aromatic carbocycles. The predicted molar refractivity (Wildman–Crippen MR) is 85.9 cm³/mol. The maximum absolute atomic E-state index is 8.96. The molecule has 1 aliphatic heterocycles. The lowest BCUT2D eigenvalue weighted by molar-refractivity contribution is 0.110. The topological polar surface area (TPSA) is 33.5 Å². The van der Waals surface area contributed by atoms with E-state index in [4.69, 9.17) is 5.26 Å². The van der Waals surface area contributed by atoms with Crippen molar-refractivity contribution in [3.05, 3.63) is 35.9 Å². The van der Waals surface area contributed by atoms with Gasteiger partial charge in [-0.05, 0) is 19.5 Å². The summed E-state index contributed by atoms with van der Waals surface area (Å²) in [5.74, 6) is 0. The molecule has 2 rings (SSSR count). The van der Waals surface area contributed by atoms with Crippen LogP contribution in [-0.2, 0) is 6.54 Å². The molecule has 1 heterocycles. The van der Waals surface area contributed by atoms with Gasteiger partial charge >= 0.3 is 0 Å². The van der Waals surface area contributed by atoms with E-state index in [9.17, 15) is 0 Å². The largest absolute Gasteiger partial charge is 0.301 e. The Morgan fingerprint density at radius 1 is 1.19 bits per heavy atom. The van der Waals surface area contributed by atoms with Crippen molar-refractivity contribution in [3.63, 3.8) is 0 Å². The summed E-state index contributed by atoms with van der Waals surface area (Å²) in [6.45, 7) is 9.36. The van der Waals surface area contributed by atoms with Gasteiger partial charge in [-0.2, -0.15) is 5.26 Å². The highest BCUT2D eigenvalue weighted by molar-refractivity contribution is 5.14. The highest BCUT2D eigenvalue weighted by Crippen LogP contribution is 2.07. The summed E-state index contributed by atoms with van der Waals surface area (Å²) in [7, 11) is 2.18. The summed E-state index contributed by atoms with van der Waals surface area (Å²) < 4.78 is 0. The Morgan fingerprint density at radius 3 is 2.48 bits per heavy atom. The number of piperazine rings is 1. The van der Waals surface area contributed by atoms with Gasteiger partial charge in [0, 0.05) is 45.8 Å². The molecule has 1 aromatic rings. The molecule has 1 fully saturated rings. The first-order valence-corrected chi connectivity index (χ1v) is 7.77. The molecular formula is C17H26N4. The molecule has 21 heavy (non-hydrogen) atoms. The van der Waals surface area contributed by atoms with Gasteiger partial charge in [0.1, 0.15) is 0 Å². The van der Waals surface area contributed by atoms with Crippen molar-refractivity contribution in [2.45, 2.75) is 19.5 Å². The van der Waals surface area contributed by atoms with Crippen LogP contribution in [0.3, 0.4) is 0 Å². The van der Waals surface area contributed by atoms with Crippen LogP contribution in [0.4, 0.5) is 0 Å². The molecule has 0 radical (unpaired) electrons. The summed E-state index contributed by atoms with van der Waals surface area (Å²) in [4.78, 5) is 7.14. The molecule has 0 bridgehead atoms. The minimum Gasteiger partial charge on any atom is -0.301 e. The minimum absolute atomic E-state index is 0.0490. The normalized spacial score (nSPS) is 18.6. The van der Waals surface area contributed by atoms with E-state index in [1.807, 2.05) is 6.92 Å². The van der Waals surface area contributed by atoms with Gasteiger partial charge in [0.2, 0.25) is 0 Å². The third-order valence-electron chi connectivity index (χ3n) is 4.23. The Hall–Kier alpha value is -1.41. The van der Waals surface area contributed by atoms with Crippen molar-refractivity contribution in [2.24, 2.45) is 0 Å². The number of hydrogen-bond acceptors (Lipinski definition) is 4. The van der Waals surface area contributed by atoms with Crippen LogP contribution in [-0.4, -0.2) is 67.1 Å². The number of nitriles is 1. The molecule has 0 saturated carbocycles. The molecule has 1 saturated heterocycles. The summed E-state index contributed by atoms with van der Waals surface area (Å²) in [6.07, 6.45) is 0. The van der Waals surface area contributed by atoms with Crippen LogP contribution in [0, 0.1) is 11.3 Å². The highest BCUT2D eigenvalue weighted by atomic mass is 15.3. The van der Waals surface area contributed by atoms with E-state index in [0.717, 1.165) is 45.8 Å². The average Bonchev–Trinajstić information content (AvgIpc) is 2.53. The fourth-order valence-corrected chi connectivity index (χ4v) is 2.74. The maximum Gasteiger partial charge on any atom is 0.0950 e. The Labute approximate surface area is 128 Å². The average molecular weight is 286 g/mol. The molecule has 4 nitrogen and oxygen atoms in total. The van der Waals surface area contributed by atoms with Gasteiger partial charge in [-0.25, -0.2) is 0 Å². The van der Waals surface area contributed by atoms with Gasteiger partial charge in [0.05, 0.1) is 12.1 Å². The Morgan fingerprint density at radius 2 is 1.86 bits per heavy atom. The van der Waals surface area contributed by atoms with Crippen molar-refractivity contribution in [3.8, 4) is 6.07 Å². The van der Waals surface area contributed by atoms with Gasteiger partial charge in [-0.1, -0.05) is 30.3 Å². The lowest BCUT2D eigenvalue weighted by Gasteiger charge is -2.36. The monoisotopic (exact) mass is 286 g/mol. The smallest absolute Gasteiger partial charge is 0.0950 e. The van der Waals surface area contributed by atoms with Crippen molar-refractivity contribution in [2.75, 3.05) is 46.3 Å². The standard InChI is InChI=1S/C17H26N4/c1-16(14-18)21-12-10-20(11-13-21)9-8-19(2)15-17-6-4-3-5-7-17/h3-7,16H,8-13,15H2,1-2H3. The molecule has 0 amide bonds. The van der Waals surface area contributed by atoms with Crippen LogP contribution in [0.15, 0.2) is 30.3 Å². The number of benzene rings is 1. The molecule has 1 atom stereocenters. The number of likely N-dealkylation sites (N-methyl/N-ethyl adjacent to an activating group) is 1. The van der Waals surface area contributed by atoms with E-state index in [1.54, 1.807) is 0 Å². The molecule has 4 heteroatoms. The summed E-state index contributed by atoms with van der Waals surface area (Å²) in [6, 6.07) is 13.0. The number of rotatable bonds is 6. The Balaban J connectivity index is 1.67. The zero-order valence-corrected chi connectivity index (χ0v) is 13.2. The molecule has 0 N–H and O–H groups in total.